The number of benzene rings is 1. The summed E-state index contributed by atoms with van der Waals surface area (Å²) < 4.78 is 15.3. The van der Waals surface area contributed by atoms with Gasteiger partial charge in [0.05, 0.1) is 26.9 Å². The first-order chi connectivity index (χ1) is 9.61. The Kier molecular flexibility index (Phi) is 3.77. The monoisotopic (exact) mass is 277 g/mol. The lowest BCUT2D eigenvalue weighted by Crippen LogP contribution is -2.10. The summed E-state index contributed by atoms with van der Waals surface area (Å²) >= 11 is 0. The van der Waals surface area contributed by atoms with Crippen molar-refractivity contribution in [2.45, 2.75) is 18.4 Å². The fourth-order valence-electron chi connectivity index (χ4n) is 2.19. The van der Waals surface area contributed by atoms with Crippen molar-refractivity contribution in [3.63, 3.8) is 0 Å². The Labute approximate surface area is 116 Å². The van der Waals surface area contributed by atoms with Gasteiger partial charge in [0.15, 0.2) is 11.5 Å². The average Bonchev–Trinajstić information content (AvgIpc) is 3.26. The van der Waals surface area contributed by atoms with E-state index in [0.29, 0.717) is 35.5 Å². The van der Waals surface area contributed by atoms with Gasteiger partial charge in [-0.1, -0.05) is 0 Å². The lowest BCUT2D eigenvalue weighted by atomic mass is 10.00. The number of carbonyl (C=O) groups excluding carboxylic acids is 2. The van der Waals surface area contributed by atoms with Crippen LogP contribution < -0.4 is 9.47 Å². The summed E-state index contributed by atoms with van der Waals surface area (Å²) in [7, 11) is 4.28. The van der Waals surface area contributed by atoms with E-state index in [2.05, 4.69) is 4.99 Å². The van der Waals surface area contributed by atoms with Gasteiger partial charge in [0.25, 0.3) is 0 Å². The average molecular weight is 277 g/mol. The Bertz CT molecular complexity index is 585. The minimum atomic E-state index is -0.662. The maximum Gasteiger partial charge on any atom is 0.337 e. The minimum absolute atomic E-state index is 0.326. The quantitative estimate of drug-likeness (QED) is 0.466. The van der Waals surface area contributed by atoms with Crippen molar-refractivity contribution < 1.29 is 23.8 Å². The highest BCUT2D eigenvalue weighted by Crippen LogP contribution is 2.54. The number of isocyanates is 1. The van der Waals surface area contributed by atoms with Crippen molar-refractivity contribution in [2.75, 3.05) is 21.3 Å². The van der Waals surface area contributed by atoms with Crippen LogP contribution in [0.25, 0.3) is 0 Å². The summed E-state index contributed by atoms with van der Waals surface area (Å²) in [4.78, 5) is 26.2. The molecule has 20 heavy (non-hydrogen) atoms. The van der Waals surface area contributed by atoms with Gasteiger partial charge >= 0.3 is 5.97 Å². The first-order valence-corrected chi connectivity index (χ1v) is 6.05. The molecule has 1 aromatic carbocycles. The number of ether oxygens (including phenoxy) is 3. The van der Waals surface area contributed by atoms with Crippen molar-refractivity contribution >= 4 is 12.0 Å². The third-order valence-electron chi connectivity index (χ3n) is 3.38. The van der Waals surface area contributed by atoms with Gasteiger partial charge < -0.3 is 14.2 Å². The molecule has 6 nitrogen and oxygen atoms in total. The van der Waals surface area contributed by atoms with E-state index in [1.54, 1.807) is 12.1 Å². The van der Waals surface area contributed by atoms with Crippen LogP contribution in [0.2, 0.25) is 0 Å². The van der Waals surface area contributed by atoms with Crippen LogP contribution >= 0.6 is 0 Å². The van der Waals surface area contributed by atoms with Crippen LogP contribution in [0.5, 0.6) is 11.5 Å². The third kappa shape index (κ3) is 2.26. The Morgan fingerprint density at radius 2 is 1.95 bits per heavy atom. The summed E-state index contributed by atoms with van der Waals surface area (Å²) in [5.74, 6) is 0.382. The molecule has 0 saturated heterocycles. The zero-order chi connectivity index (χ0) is 14.8. The van der Waals surface area contributed by atoms with E-state index in [9.17, 15) is 9.59 Å². The van der Waals surface area contributed by atoms with E-state index >= 15 is 0 Å². The van der Waals surface area contributed by atoms with Crippen LogP contribution in [-0.2, 0) is 15.1 Å². The molecule has 0 amide bonds. The number of rotatable bonds is 5. The van der Waals surface area contributed by atoms with E-state index in [1.807, 2.05) is 0 Å². The zero-order valence-electron chi connectivity index (χ0n) is 11.6. The van der Waals surface area contributed by atoms with Gasteiger partial charge in [-0.15, -0.1) is 0 Å². The smallest absolute Gasteiger partial charge is 0.337 e. The predicted molar refractivity (Wildman–Crippen MR) is 69.9 cm³/mol. The molecular weight excluding hydrogens is 262 g/mol. The van der Waals surface area contributed by atoms with Crippen LogP contribution in [0.3, 0.4) is 0 Å². The lowest BCUT2D eigenvalue weighted by molar-refractivity contribution is 0.0600. The van der Waals surface area contributed by atoms with Crippen LogP contribution in [0, 0.1) is 0 Å². The molecule has 0 heterocycles. The van der Waals surface area contributed by atoms with Gasteiger partial charge in [0.1, 0.15) is 5.54 Å². The summed E-state index contributed by atoms with van der Waals surface area (Å²) in [6, 6.07) is 3.16. The maximum absolute atomic E-state index is 11.7. The molecule has 6 heteroatoms. The normalized spacial score (nSPS) is 14.9. The SMILES string of the molecule is COC(=O)c1cc(OC)c(OC)c(C2(N=C=O)CC2)c1. The number of carbonyl (C=O) groups is 1. The van der Waals surface area contributed by atoms with Crippen molar-refractivity contribution in [1.82, 2.24) is 0 Å². The second-order valence-corrected chi connectivity index (χ2v) is 4.49. The number of methoxy groups -OCH3 is 3. The predicted octanol–water partition coefficient (Wildman–Crippen LogP) is 1.82. The molecule has 1 aromatic rings. The molecule has 106 valence electrons. The Morgan fingerprint density at radius 1 is 1.25 bits per heavy atom. The Balaban J connectivity index is 2.64. The Hall–Kier alpha value is -2.33. The van der Waals surface area contributed by atoms with E-state index in [0.717, 1.165) is 0 Å². The van der Waals surface area contributed by atoms with E-state index < -0.39 is 11.5 Å². The molecule has 1 aliphatic rings. The van der Waals surface area contributed by atoms with Crippen LogP contribution in [0.1, 0.15) is 28.8 Å². The van der Waals surface area contributed by atoms with Crippen LogP contribution in [-0.4, -0.2) is 33.4 Å². The van der Waals surface area contributed by atoms with Gasteiger partial charge in [0, 0.05) is 5.56 Å². The molecule has 0 aliphatic heterocycles. The molecule has 0 unspecified atom stereocenters. The highest BCUT2D eigenvalue weighted by Gasteiger charge is 2.48. The van der Waals surface area contributed by atoms with Gasteiger partial charge in [0.2, 0.25) is 6.08 Å². The molecule has 1 fully saturated rings. The minimum Gasteiger partial charge on any atom is -0.493 e. The first kappa shape index (κ1) is 14.1. The first-order valence-electron chi connectivity index (χ1n) is 6.05. The number of hydrogen-bond acceptors (Lipinski definition) is 6. The molecular formula is C14H15NO5. The molecule has 0 spiro atoms. The molecule has 0 atom stereocenters. The molecule has 0 aromatic heterocycles. The van der Waals surface area contributed by atoms with Crippen molar-refractivity contribution in [2.24, 2.45) is 4.99 Å². The lowest BCUT2D eigenvalue weighted by Gasteiger charge is -2.17. The van der Waals surface area contributed by atoms with Gasteiger partial charge in [-0.05, 0) is 25.0 Å². The fraction of sp³-hybridized carbons (Fsp3) is 0.429. The summed E-state index contributed by atoms with van der Waals surface area (Å²) in [6.07, 6.45) is 2.98. The summed E-state index contributed by atoms with van der Waals surface area (Å²) in [6.45, 7) is 0. The number of aliphatic imine (C=N–C) groups is 1. The van der Waals surface area contributed by atoms with E-state index in [-0.39, 0.29) is 0 Å². The molecule has 0 N–H and O–H groups in total. The van der Waals surface area contributed by atoms with Crippen molar-refractivity contribution in [3.05, 3.63) is 23.3 Å². The zero-order valence-corrected chi connectivity index (χ0v) is 11.6. The highest BCUT2D eigenvalue weighted by atomic mass is 16.5. The fourth-order valence-corrected chi connectivity index (χ4v) is 2.19. The highest BCUT2D eigenvalue weighted by molar-refractivity contribution is 5.90. The van der Waals surface area contributed by atoms with Crippen LogP contribution in [0.15, 0.2) is 17.1 Å². The molecule has 2 rings (SSSR count). The Morgan fingerprint density at radius 3 is 2.40 bits per heavy atom. The van der Waals surface area contributed by atoms with Gasteiger partial charge in [-0.2, -0.15) is 4.99 Å². The topological polar surface area (TPSA) is 74.2 Å². The molecule has 0 bridgehead atoms. The summed E-state index contributed by atoms with van der Waals surface area (Å²) in [5, 5.41) is 0. The molecule has 1 saturated carbocycles. The number of esters is 1. The maximum atomic E-state index is 11.7. The number of hydrogen-bond donors (Lipinski definition) is 0. The number of nitrogens with zero attached hydrogens (tertiary/aromatic N) is 1. The van der Waals surface area contributed by atoms with Gasteiger partial charge in [-0.25, -0.2) is 9.59 Å². The largest absolute Gasteiger partial charge is 0.493 e. The van der Waals surface area contributed by atoms with Crippen molar-refractivity contribution in [3.8, 4) is 11.5 Å². The second-order valence-electron chi connectivity index (χ2n) is 4.49. The third-order valence-corrected chi connectivity index (χ3v) is 3.38. The van der Waals surface area contributed by atoms with Crippen LogP contribution in [0.4, 0.5) is 0 Å². The van der Waals surface area contributed by atoms with Gasteiger partial charge in [-0.3, -0.25) is 0 Å². The second kappa shape index (κ2) is 5.35. The molecule has 1 aliphatic carbocycles. The van der Waals surface area contributed by atoms with E-state index in [4.69, 9.17) is 14.2 Å². The molecule has 0 radical (unpaired) electrons. The summed E-state index contributed by atoms with van der Waals surface area (Å²) in [5.41, 5.74) is 0.306. The standard InChI is InChI=1S/C14H15NO5/c1-18-11-7-9(13(17)20-3)6-10(12(11)19-2)14(4-5-14)15-8-16/h6-7H,4-5H2,1-3H3. The van der Waals surface area contributed by atoms with E-state index in [1.165, 1.54) is 27.4 Å². The van der Waals surface area contributed by atoms with Crippen molar-refractivity contribution in [1.29, 1.82) is 0 Å².